The zero-order valence-electron chi connectivity index (χ0n) is 12.7. The van der Waals surface area contributed by atoms with Gasteiger partial charge in [0.05, 0.1) is 13.5 Å². The summed E-state index contributed by atoms with van der Waals surface area (Å²) in [6.07, 6.45) is 1.52. The van der Waals surface area contributed by atoms with Crippen LogP contribution in [-0.4, -0.2) is 41.6 Å². The van der Waals surface area contributed by atoms with Gasteiger partial charge in [-0.15, -0.1) is 0 Å². The number of piperidine rings is 1. The number of ether oxygens (including phenoxy) is 1. The second-order valence-corrected chi connectivity index (χ2v) is 6.56. The van der Waals surface area contributed by atoms with Crippen molar-refractivity contribution in [3.8, 4) is 5.75 Å². The maximum absolute atomic E-state index is 12.5. The summed E-state index contributed by atoms with van der Waals surface area (Å²) in [6, 6.07) is 4.71. The molecule has 2 unspecified atom stereocenters. The monoisotopic (exact) mass is 369 g/mol. The minimum absolute atomic E-state index is 0.159. The number of hydrogen-bond acceptors (Lipinski definition) is 3. The molecule has 2 rings (SSSR count). The van der Waals surface area contributed by atoms with Gasteiger partial charge in [-0.05, 0) is 42.5 Å². The number of nitrogens with zero attached hydrogens (tertiary/aromatic N) is 1. The Balaban J connectivity index is 2.15. The van der Waals surface area contributed by atoms with Gasteiger partial charge in [0.1, 0.15) is 11.8 Å². The molecule has 5 nitrogen and oxygen atoms in total. The Morgan fingerprint density at radius 3 is 2.82 bits per heavy atom. The van der Waals surface area contributed by atoms with Crippen molar-refractivity contribution < 1.29 is 19.4 Å². The maximum Gasteiger partial charge on any atom is 0.326 e. The normalized spacial score (nSPS) is 21.5. The Bertz CT molecular complexity index is 575. The molecule has 1 aromatic rings. The van der Waals surface area contributed by atoms with Crippen molar-refractivity contribution in [2.24, 2.45) is 5.92 Å². The summed E-state index contributed by atoms with van der Waals surface area (Å²) < 4.78 is 5.99. The zero-order chi connectivity index (χ0) is 16.3. The molecule has 1 heterocycles. The van der Waals surface area contributed by atoms with Crippen molar-refractivity contribution in [1.29, 1.82) is 0 Å². The lowest BCUT2D eigenvalue weighted by Crippen LogP contribution is -2.50. The molecule has 1 aliphatic heterocycles. The molecule has 0 aromatic heterocycles. The fourth-order valence-corrected chi connectivity index (χ4v) is 3.14. The lowest BCUT2D eigenvalue weighted by Gasteiger charge is -2.36. The number of likely N-dealkylation sites (tertiary alicyclic amines) is 1. The highest BCUT2D eigenvalue weighted by Gasteiger charge is 2.34. The molecule has 1 amide bonds. The smallest absolute Gasteiger partial charge is 0.326 e. The topological polar surface area (TPSA) is 66.8 Å². The van der Waals surface area contributed by atoms with Crippen molar-refractivity contribution in [2.45, 2.75) is 32.2 Å². The molecular formula is C16H20BrNO4. The van der Waals surface area contributed by atoms with Crippen LogP contribution in [0.25, 0.3) is 0 Å². The van der Waals surface area contributed by atoms with E-state index in [4.69, 9.17) is 4.74 Å². The van der Waals surface area contributed by atoms with E-state index in [2.05, 4.69) is 15.9 Å². The molecular weight excluding hydrogens is 350 g/mol. The van der Waals surface area contributed by atoms with Crippen LogP contribution in [0.5, 0.6) is 5.75 Å². The minimum atomic E-state index is -0.926. The van der Waals surface area contributed by atoms with Gasteiger partial charge in [-0.1, -0.05) is 22.9 Å². The number of methoxy groups -OCH3 is 1. The van der Waals surface area contributed by atoms with E-state index in [1.165, 1.54) is 4.90 Å². The Labute approximate surface area is 138 Å². The van der Waals surface area contributed by atoms with Crippen LogP contribution in [0.1, 0.15) is 25.3 Å². The van der Waals surface area contributed by atoms with Crippen LogP contribution in [0.15, 0.2) is 22.7 Å². The number of rotatable bonds is 4. The third kappa shape index (κ3) is 3.80. The number of carboxylic acid groups (broad SMARTS) is 1. The summed E-state index contributed by atoms with van der Waals surface area (Å²) in [6.45, 7) is 2.52. The molecule has 0 radical (unpaired) electrons. The van der Waals surface area contributed by atoms with E-state index < -0.39 is 12.0 Å². The number of amides is 1. The number of hydrogen-bond donors (Lipinski definition) is 1. The molecule has 1 saturated heterocycles. The summed E-state index contributed by atoms with van der Waals surface area (Å²) >= 11 is 3.42. The van der Waals surface area contributed by atoms with Gasteiger partial charge >= 0.3 is 5.97 Å². The molecule has 0 spiro atoms. The van der Waals surface area contributed by atoms with Gasteiger partial charge in [-0.3, -0.25) is 4.79 Å². The van der Waals surface area contributed by atoms with Gasteiger partial charge in [-0.2, -0.15) is 0 Å². The molecule has 1 aromatic carbocycles. The van der Waals surface area contributed by atoms with Crippen molar-refractivity contribution in [3.05, 3.63) is 28.2 Å². The largest absolute Gasteiger partial charge is 0.497 e. The molecule has 1 aliphatic rings. The van der Waals surface area contributed by atoms with Gasteiger partial charge in [0.15, 0.2) is 0 Å². The summed E-state index contributed by atoms with van der Waals surface area (Å²) in [5.41, 5.74) is 0.798. The molecule has 120 valence electrons. The zero-order valence-corrected chi connectivity index (χ0v) is 14.3. The van der Waals surface area contributed by atoms with Crippen molar-refractivity contribution in [2.75, 3.05) is 13.7 Å². The molecule has 0 saturated carbocycles. The van der Waals surface area contributed by atoms with Crippen LogP contribution >= 0.6 is 15.9 Å². The summed E-state index contributed by atoms with van der Waals surface area (Å²) in [4.78, 5) is 25.4. The first-order valence-electron chi connectivity index (χ1n) is 7.27. The van der Waals surface area contributed by atoms with Crippen LogP contribution in [0, 0.1) is 5.92 Å². The minimum Gasteiger partial charge on any atom is -0.497 e. The number of carbonyl (C=O) groups is 2. The van der Waals surface area contributed by atoms with Gasteiger partial charge in [-0.25, -0.2) is 4.79 Å². The molecule has 1 N–H and O–H groups in total. The SMILES string of the molecule is COc1ccc(Br)c(CC(=O)N2CCC(C)CC2C(=O)O)c1. The van der Waals surface area contributed by atoms with Gasteiger partial charge in [0, 0.05) is 11.0 Å². The summed E-state index contributed by atoms with van der Waals surface area (Å²) in [5, 5.41) is 9.36. The van der Waals surface area contributed by atoms with Crippen molar-refractivity contribution in [3.63, 3.8) is 0 Å². The first-order chi connectivity index (χ1) is 10.4. The third-order valence-corrected chi connectivity index (χ3v) is 4.84. The number of halogens is 1. The van der Waals surface area contributed by atoms with E-state index in [1.807, 2.05) is 13.0 Å². The fraction of sp³-hybridized carbons (Fsp3) is 0.500. The maximum atomic E-state index is 12.5. The first kappa shape index (κ1) is 16.8. The molecule has 1 fully saturated rings. The van der Waals surface area contributed by atoms with Gasteiger partial charge in [0.25, 0.3) is 0 Å². The predicted molar refractivity (Wildman–Crippen MR) is 85.9 cm³/mol. The molecule has 6 heteroatoms. The average Bonchev–Trinajstić information content (AvgIpc) is 2.49. The van der Waals surface area contributed by atoms with Gasteiger partial charge in [0.2, 0.25) is 5.91 Å². The summed E-state index contributed by atoms with van der Waals surface area (Å²) in [7, 11) is 1.57. The van der Waals surface area contributed by atoms with E-state index >= 15 is 0 Å². The standard InChI is InChI=1S/C16H20BrNO4/c1-10-5-6-18(14(7-10)16(20)21)15(19)9-11-8-12(22-2)3-4-13(11)17/h3-4,8,10,14H,5-7,9H2,1-2H3,(H,20,21). The number of carbonyl (C=O) groups excluding carboxylic acids is 1. The second kappa shape index (κ2) is 7.13. The number of aliphatic carboxylic acids is 1. The predicted octanol–water partition coefficient (Wildman–Crippen LogP) is 2.71. The lowest BCUT2D eigenvalue weighted by molar-refractivity contribution is -0.152. The lowest BCUT2D eigenvalue weighted by atomic mass is 9.92. The average molecular weight is 370 g/mol. The molecule has 0 bridgehead atoms. The van der Waals surface area contributed by atoms with Crippen LogP contribution < -0.4 is 4.74 Å². The first-order valence-corrected chi connectivity index (χ1v) is 8.06. The quantitative estimate of drug-likeness (QED) is 0.885. The highest BCUT2D eigenvalue weighted by atomic mass is 79.9. The van der Waals surface area contributed by atoms with Gasteiger partial charge < -0.3 is 14.7 Å². The molecule has 2 atom stereocenters. The van der Waals surface area contributed by atoms with E-state index in [9.17, 15) is 14.7 Å². The van der Waals surface area contributed by atoms with E-state index in [-0.39, 0.29) is 12.3 Å². The second-order valence-electron chi connectivity index (χ2n) is 5.70. The van der Waals surface area contributed by atoms with Crippen molar-refractivity contribution >= 4 is 27.8 Å². The molecule has 22 heavy (non-hydrogen) atoms. The number of carboxylic acids is 1. The third-order valence-electron chi connectivity index (χ3n) is 4.06. The molecule has 0 aliphatic carbocycles. The Hall–Kier alpha value is -1.56. The fourth-order valence-electron chi connectivity index (χ4n) is 2.75. The Kier molecular flexibility index (Phi) is 5.45. The van der Waals surface area contributed by atoms with E-state index in [0.29, 0.717) is 24.6 Å². The highest BCUT2D eigenvalue weighted by Crippen LogP contribution is 2.26. The number of benzene rings is 1. The Morgan fingerprint density at radius 2 is 2.18 bits per heavy atom. The van der Waals surface area contributed by atoms with E-state index in [0.717, 1.165) is 16.5 Å². The van der Waals surface area contributed by atoms with Crippen molar-refractivity contribution in [1.82, 2.24) is 4.90 Å². The van der Waals surface area contributed by atoms with Crippen LogP contribution in [-0.2, 0) is 16.0 Å². The summed E-state index contributed by atoms with van der Waals surface area (Å²) in [5.74, 6) is -0.0837. The Morgan fingerprint density at radius 1 is 1.45 bits per heavy atom. The highest BCUT2D eigenvalue weighted by molar-refractivity contribution is 9.10. The van der Waals surface area contributed by atoms with Crippen LogP contribution in [0.4, 0.5) is 0 Å². The van der Waals surface area contributed by atoms with E-state index in [1.54, 1.807) is 19.2 Å². The van der Waals surface area contributed by atoms with Crippen LogP contribution in [0.2, 0.25) is 0 Å². The van der Waals surface area contributed by atoms with Crippen LogP contribution in [0.3, 0.4) is 0 Å².